The lowest BCUT2D eigenvalue weighted by Crippen LogP contribution is -2.51. The minimum atomic E-state index is -2.71. The standard InChI is InChI=1S/C12H13F2NO4/c1-19-10(18)7-6-15(9(17)5-8(7)16)12(11(13)14)3-2-4-12/h5-6,11,16H,2-4H2,1H3. The molecule has 19 heavy (non-hydrogen) atoms. The Balaban J connectivity index is 2.58. The number of rotatable bonds is 3. The molecule has 1 N–H and O–H groups in total. The van der Waals surface area contributed by atoms with Crippen molar-refractivity contribution in [2.45, 2.75) is 31.2 Å². The highest BCUT2D eigenvalue weighted by Gasteiger charge is 2.48. The molecule has 1 aliphatic rings. The van der Waals surface area contributed by atoms with Crippen LogP contribution in [0.5, 0.6) is 5.75 Å². The Morgan fingerprint density at radius 1 is 1.53 bits per heavy atom. The van der Waals surface area contributed by atoms with Crippen molar-refractivity contribution >= 4 is 5.97 Å². The van der Waals surface area contributed by atoms with Crippen LogP contribution in [-0.4, -0.2) is 29.2 Å². The van der Waals surface area contributed by atoms with Crippen LogP contribution in [0.1, 0.15) is 29.6 Å². The van der Waals surface area contributed by atoms with Gasteiger partial charge in [0.15, 0.2) is 0 Å². The number of aromatic hydroxyl groups is 1. The fraction of sp³-hybridized carbons (Fsp3) is 0.500. The fourth-order valence-electron chi connectivity index (χ4n) is 2.24. The van der Waals surface area contributed by atoms with Crippen LogP contribution in [0.15, 0.2) is 17.1 Å². The summed E-state index contributed by atoms with van der Waals surface area (Å²) in [5.41, 5.74) is -2.63. The van der Waals surface area contributed by atoms with Gasteiger partial charge in [0.2, 0.25) is 0 Å². The van der Waals surface area contributed by atoms with Crippen LogP contribution in [-0.2, 0) is 10.3 Å². The third-order valence-corrected chi connectivity index (χ3v) is 3.54. The van der Waals surface area contributed by atoms with Gasteiger partial charge < -0.3 is 14.4 Å². The molecule has 0 aromatic carbocycles. The molecule has 1 aromatic heterocycles. The molecule has 1 aliphatic carbocycles. The number of carbonyl (C=O) groups is 1. The van der Waals surface area contributed by atoms with E-state index in [9.17, 15) is 23.5 Å². The van der Waals surface area contributed by atoms with E-state index >= 15 is 0 Å². The summed E-state index contributed by atoms with van der Waals surface area (Å²) in [7, 11) is 1.10. The van der Waals surface area contributed by atoms with E-state index in [0.29, 0.717) is 6.42 Å². The molecule has 1 fully saturated rings. The third kappa shape index (κ3) is 1.98. The average molecular weight is 273 g/mol. The van der Waals surface area contributed by atoms with Gasteiger partial charge in [0, 0.05) is 12.3 Å². The summed E-state index contributed by atoms with van der Waals surface area (Å²) in [5.74, 6) is -1.45. The second-order valence-electron chi connectivity index (χ2n) is 4.53. The summed E-state index contributed by atoms with van der Waals surface area (Å²) in [5, 5.41) is 9.51. The van der Waals surface area contributed by atoms with Crippen LogP contribution >= 0.6 is 0 Å². The summed E-state index contributed by atoms with van der Waals surface area (Å²) >= 11 is 0. The predicted octanol–water partition coefficient (Wildman–Crippen LogP) is 1.48. The number of alkyl halides is 2. The zero-order chi connectivity index (χ0) is 14.2. The molecule has 0 spiro atoms. The van der Waals surface area contributed by atoms with Gasteiger partial charge in [-0.3, -0.25) is 4.79 Å². The maximum absolute atomic E-state index is 13.2. The highest BCUT2D eigenvalue weighted by atomic mass is 19.3. The largest absolute Gasteiger partial charge is 0.507 e. The number of hydrogen-bond acceptors (Lipinski definition) is 4. The number of esters is 1. The second kappa shape index (κ2) is 4.64. The number of pyridine rings is 1. The van der Waals surface area contributed by atoms with Crippen LogP contribution in [0, 0.1) is 0 Å². The predicted molar refractivity (Wildman–Crippen MR) is 61.5 cm³/mol. The lowest BCUT2D eigenvalue weighted by molar-refractivity contribution is -0.0506. The molecule has 0 radical (unpaired) electrons. The maximum atomic E-state index is 13.2. The van der Waals surface area contributed by atoms with Crippen molar-refractivity contribution in [1.82, 2.24) is 4.57 Å². The Morgan fingerprint density at radius 2 is 2.16 bits per heavy atom. The van der Waals surface area contributed by atoms with Crippen LogP contribution < -0.4 is 5.56 Å². The van der Waals surface area contributed by atoms with Gasteiger partial charge in [0.1, 0.15) is 16.9 Å². The van der Waals surface area contributed by atoms with Crippen molar-refractivity contribution in [3.05, 3.63) is 28.2 Å². The van der Waals surface area contributed by atoms with Crippen molar-refractivity contribution < 1.29 is 23.4 Å². The quantitative estimate of drug-likeness (QED) is 0.847. The topological polar surface area (TPSA) is 68.5 Å². The van der Waals surface area contributed by atoms with Gasteiger partial charge in [-0.05, 0) is 19.3 Å². The van der Waals surface area contributed by atoms with E-state index in [-0.39, 0.29) is 18.4 Å². The van der Waals surface area contributed by atoms with Gasteiger partial charge in [-0.25, -0.2) is 13.6 Å². The first-order valence-corrected chi connectivity index (χ1v) is 5.75. The molecule has 5 nitrogen and oxygen atoms in total. The van der Waals surface area contributed by atoms with E-state index in [1.54, 1.807) is 0 Å². The lowest BCUT2D eigenvalue weighted by Gasteiger charge is -2.42. The van der Waals surface area contributed by atoms with Crippen molar-refractivity contribution in [2.24, 2.45) is 0 Å². The van der Waals surface area contributed by atoms with E-state index in [0.717, 1.165) is 23.9 Å². The Labute approximate surface area is 107 Å². The Morgan fingerprint density at radius 3 is 2.58 bits per heavy atom. The fourth-order valence-corrected chi connectivity index (χ4v) is 2.24. The maximum Gasteiger partial charge on any atom is 0.343 e. The molecule has 104 valence electrons. The van der Waals surface area contributed by atoms with E-state index in [1.807, 2.05) is 0 Å². The van der Waals surface area contributed by atoms with Crippen LogP contribution in [0.2, 0.25) is 0 Å². The van der Waals surface area contributed by atoms with Gasteiger partial charge in [-0.1, -0.05) is 0 Å². The van der Waals surface area contributed by atoms with Crippen molar-refractivity contribution in [3.63, 3.8) is 0 Å². The van der Waals surface area contributed by atoms with Crippen LogP contribution in [0.25, 0.3) is 0 Å². The number of hydrogen-bond donors (Lipinski definition) is 1. The van der Waals surface area contributed by atoms with Crippen LogP contribution in [0.3, 0.4) is 0 Å². The van der Waals surface area contributed by atoms with Gasteiger partial charge >= 0.3 is 5.97 Å². The number of nitrogens with zero attached hydrogens (tertiary/aromatic N) is 1. The van der Waals surface area contributed by atoms with Crippen molar-refractivity contribution in [1.29, 1.82) is 0 Å². The SMILES string of the molecule is COC(=O)c1cn(C2(C(F)F)CCC2)c(=O)cc1O. The molecule has 0 unspecified atom stereocenters. The molecule has 0 saturated heterocycles. The Bertz CT molecular complexity index is 563. The summed E-state index contributed by atoms with van der Waals surface area (Å²) < 4.78 is 31.6. The first-order chi connectivity index (χ1) is 8.92. The monoisotopic (exact) mass is 273 g/mol. The molecule has 1 heterocycles. The molecule has 0 atom stereocenters. The Kier molecular flexibility index (Phi) is 3.30. The first-order valence-electron chi connectivity index (χ1n) is 5.75. The number of halogens is 2. The van der Waals surface area contributed by atoms with Gasteiger partial charge in [0.25, 0.3) is 12.0 Å². The van der Waals surface area contributed by atoms with Gasteiger partial charge in [-0.15, -0.1) is 0 Å². The molecule has 2 rings (SSSR count). The molecule has 1 saturated carbocycles. The van der Waals surface area contributed by atoms with E-state index in [4.69, 9.17) is 0 Å². The smallest absolute Gasteiger partial charge is 0.343 e. The zero-order valence-corrected chi connectivity index (χ0v) is 10.2. The minimum Gasteiger partial charge on any atom is -0.507 e. The van der Waals surface area contributed by atoms with Gasteiger partial charge in [-0.2, -0.15) is 0 Å². The number of ether oxygens (including phenoxy) is 1. The summed E-state index contributed by atoms with van der Waals surface area (Å²) in [6.07, 6.45) is -0.847. The molecular formula is C12H13F2NO4. The number of methoxy groups -OCH3 is 1. The van der Waals surface area contributed by atoms with Gasteiger partial charge in [0.05, 0.1) is 7.11 Å². The molecule has 0 amide bonds. The van der Waals surface area contributed by atoms with E-state index in [1.165, 1.54) is 0 Å². The van der Waals surface area contributed by atoms with Crippen LogP contribution in [0.4, 0.5) is 8.78 Å². The highest BCUT2D eigenvalue weighted by molar-refractivity contribution is 5.91. The molecule has 0 bridgehead atoms. The molecular weight excluding hydrogens is 260 g/mol. The Hall–Kier alpha value is -1.92. The second-order valence-corrected chi connectivity index (χ2v) is 4.53. The van der Waals surface area contributed by atoms with E-state index in [2.05, 4.69) is 4.74 Å². The summed E-state index contributed by atoms with van der Waals surface area (Å²) in [6, 6.07) is 0.759. The molecule has 7 heteroatoms. The highest BCUT2D eigenvalue weighted by Crippen LogP contribution is 2.43. The first kappa shape index (κ1) is 13.5. The summed E-state index contributed by atoms with van der Waals surface area (Å²) in [4.78, 5) is 23.2. The molecule has 1 aromatic rings. The average Bonchev–Trinajstić information content (AvgIpc) is 2.29. The van der Waals surface area contributed by atoms with E-state index < -0.39 is 29.2 Å². The molecule has 0 aliphatic heterocycles. The summed E-state index contributed by atoms with van der Waals surface area (Å²) in [6.45, 7) is 0. The lowest BCUT2D eigenvalue weighted by atomic mass is 9.76. The number of aromatic nitrogens is 1. The zero-order valence-electron chi connectivity index (χ0n) is 10.2. The third-order valence-electron chi connectivity index (χ3n) is 3.54. The van der Waals surface area contributed by atoms with Crippen molar-refractivity contribution in [2.75, 3.05) is 7.11 Å². The normalized spacial score (nSPS) is 17.1. The minimum absolute atomic E-state index is 0.163. The number of carbonyl (C=O) groups excluding carboxylic acids is 1. The van der Waals surface area contributed by atoms with Crippen molar-refractivity contribution in [3.8, 4) is 5.75 Å².